The molecule has 9 heteroatoms. The zero-order chi connectivity index (χ0) is 24.1. The molecule has 0 aromatic heterocycles. The molecule has 0 radical (unpaired) electrons. The van der Waals surface area contributed by atoms with Crippen molar-refractivity contribution < 1.29 is 37.8 Å². The maximum Gasteiger partial charge on any atom is 0.521 e. The van der Waals surface area contributed by atoms with Crippen molar-refractivity contribution in [1.82, 2.24) is 0 Å². The van der Waals surface area contributed by atoms with Crippen molar-refractivity contribution in [1.29, 1.82) is 0 Å². The number of likely N-dealkylation sites (tertiary alicyclic amines) is 1. The highest BCUT2D eigenvalue weighted by molar-refractivity contribution is 7.58. The van der Waals surface area contributed by atoms with Crippen LogP contribution in [0.1, 0.15) is 31.7 Å². The Morgan fingerprint density at radius 3 is 2.42 bits per heavy atom. The Morgan fingerprint density at radius 1 is 1.12 bits per heavy atom. The molecular weight excluding hydrogens is 448 g/mol. The molecule has 0 saturated carbocycles. The minimum absolute atomic E-state index is 0.0327. The Morgan fingerprint density at radius 2 is 1.79 bits per heavy atom. The Balaban J connectivity index is 1.60. The maximum absolute atomic E-state index is 13.1. The molecule has 2 amide bonds. The van der Waals surface area contributed by atoms with Crippen molar-refractivity contribution in [2.75, 3.05) is 18.9 Å². The summed E-state index contributed by atoms with van der Waals surface area (Å²) in [7, 11) is -3.83. The van der Waals surface area contributed by atoms with Crippen LogP contribution in [0.15, 0.2) is 54.6 Å². The standard InChI is InChI=1S/C24H29FNO6P/c1-18-15-22(32-21-12-10-20(25)11-13-21)16-26(18,24(28)29)23(27)17-33(30,31)14-6-5-9-19-7-3-2-4-8-19/h2-4,7-8,10-13,18,22H,5-6,9,14-17H2,1H3,(H-,28,29,30,31)/p+1/t18?,22?,26-/m0/s1. The molecule has 4 atom stereocenters. The third kappa shape index (κ3) is 6.28. The molecule has 3 unspecified atom stereocenters. The van der Waals surface area contributed by atoms with Crippen LogP contribution in [-0.2, 0) is 15.8 Å². The zero-order valence-corrected chi connectivity index (χ0v) is 19.5. The van der Waals surface area contributed by atoms with Gasteiger partial charge in [0, 0.05) is 12.6 Å². The first-order valence-corrected chi connectivity index (χ1v) is 13.1. The molecule has 33 heavy (non-hydrogen) atoms. The smallest absolute Gasteiger partial charge is 0.484 e. The molecule has 1 aliphatic heterocycles. The van der Waals surface area contributed by atoms with Crippen LogP contribution in [0, 0.1) is 5.82 Å². The topological polar surface area (TPSA) is 101 Å². The summed E-state index contributed by atoms with van der Waals surface area (Å²) < 4.78 is 30.7. The molecule has 1 heterocycles. The Hall–Kier alpha value is -2.54. The van der Waals surface area contributed by atoms with E-state index in [1.54, 1.807) is 6.92 Å². The van der Waals surface area contributed by atoms with Crippen LogP contribution in [0.3, 0.4) is 0 Å². The number of carboxylic acid groups (broad SMARTS) is 1. The van der Waals surface area contributed by atoms with Gasteiger partial charge in [-0.25, -0.2) is 9.18 Å². The summed E-state index contributed by atoms with van der Waals surface area (Å²) in [5, 5.41) is 9.94. The van der Waals surface area contributed by atoms with Gasteiger partial charge in [0.15, 0.2) is 6.10 Å². The predicted molar refractivity (Wildman–Crippen MR) is 122 cm³/mol. The summed E-state index contributed by atoms with van der Waals surface area (Å²) in [5.74, 6) is -0.831. The third-order valence-corrected chi connectivity index (χ3v) is 7.98. The molecule has 1 saturated heterocycles. The van der Waals surface area contributed by atoms with Gasteiger partial charge >= 0.3 is 12.0 Å². The Labute approximate surface area is 192 Å². The number of rotatable bonds is 9. The van der Waals surface area contributed by atoms with E-state index >= 15 is 0 Å². The van der Waals surface area contributed by atoms with Gasteiger partial charge < -0.3 is 14.7 Å². The molecule has 1 fully saturated rings. The monoisotopic (exact) mass is 478 g/mol. The highest BCUT2D eigenvalue weighted by Crippen LogP contribution is 2.44. The van der Waals surface area contributed by atoms with Gasteiger partial charge in [-0.15, -0.1) is 0 Å². The molecule has 2 N–H and O–H groups in total. The van der Waals surface area contributed by atoms with E-state index in [4.69, 9.17) is 4.74 Å². The summed E-state index contributed by atoms with van der Waals surface area (Å²) in [6.45, 7) is 1.48. The second kappa shape index (κ2) is 10.6. The Bertz CT molecular complexity index is 1020. The number of quaternary nitrogens is 1. The van der Waals surface area contributed by atoms with Crippen molar-refractivity contribution in [2.45, 2.75) is 44.8 Å². The molecule has 2 aromatic rings. The highest BCUT2D eigenvalue weighted by Gasteiger charge is 2.58. The molecule has 0 spiro atoms. The first kappa shape index (κ1) is 25.1. The molecule has 7 nitrogen and oxygen atoms in total. The second-order valence-electron chi connectivity index (χ2n) is 8.68. The summed E-state index contributed by atoms with van der Waals surface area (Å²) in [5.41, 5.74) is 1.13. The molecule has 178 valence electrons. The number of benzene rings is 2. The van der Waals surface area contributed by atoms with Crippen LogP contribution < -0.4 is 4.74 Å². The first-order valence-electron chi connectivity index (χ1n) is 11.0. The third-order valence-electron chi connectivity index (χ3n) is 6.20. The minimum atomic E-state index is -3.83. The lowest BCUT2D eigenvalue weighted by molar-refractivity contribution is -0.792. The summed E-state index contributed by atoms with van der Waals surface area (Å²) in [6.07, 6.45) is -0.448. The fourth-order valence-corrected chi connectivity index (χ4v) is 5.95. The Kier molecular flexibility index (Phi) is 8.05. The number of hydrogen-bond acceptors (Lipinski definition) is 4. The van der Waals surface area contributed by atoms with E-state index in [0.29, 0.717) is 18.6 Å². The maximum atomic E-state index is 13.1. The largest absolute Gasteiger partial charge is 0.521 e. The van der Waals surface area contributed by atoms with E-state index in [-0.39, 0.29) is 19.1 Å². The van der Waals surface area contributed by atoms with Crippen LogP contribution in [-0.4, -0.2) is 57.5 Å². The van der Waals surface area contributed by atoms with E-state index < -0.39 is 48.0 Å². The lowest BCUT2D eigenvalue weighted by Crippen LogP contribution is -2.60. The SMILES string of the molecule is CC1CC(Oc2ccc(F)cc2)C[N@@+]1(C(=O)O)C(=O)CP(=O)(O)CCCCc1ccccc1. The van der Waals surface area contributed by atoms with Gasteiger partial charge in [0.05, 0.1) is 0 Å². The van der Waals surface area contributed by atoms with Gasteiger partial charge in [-0.1, -0.05) is 30.3 Å². The number of carbonyl (C=O) groups excluding carboxylic acids is 1. The quantitative estimate of drug-likeness (QED) is 0.308. The van der Waals surface area contributed by atoms with Gasteiger partial charge in [0.1, 0.15) is 30.3 Å². The normalized spacial score (nSPS) is 24.2. The number of aryl methyl sites for hydroxylation is 1. The fraction of sp³-hybridized carbons (Fsp3) is 0.417. The van der Waals surface area contributed by atoms with Crippen LogP contribution >= 0.6 is 7.37 Å². The van der Waals surface area contributed by atoms with Crippen LogP contribution in [0.25, 0.3) is 0 Å². The second-order valence-corrected chi connectivity index (χ2v) is 11.1. The van der Waals surface area contributed by atoms with Gasteiger partial charge in [0.25, 0.3) is 0 Å². The number of hydrogen-bond donors (Lipinski definition) is 2. The van der Waals surface area contributed by atoms with Crippen LogP contribution in [0.2, 0.25) is 0 Å². The number of unbranched alkanes of at least 4 members (excludes halogenated alkanes) is 1. The van der Waals surface area contributed by atoms with Gasteiger partial charge in [0.2, 0.25) is 7.37 Å². The average molecular weight is 478 g/mol. The number of imide groups is 1. The average Bonchev–Trinajstić information content (AvgIpc) is 3.10. The molecule has 1 aliphatic rings. The van der Waals surface area contributed by atoms with Crippen molar-refractivity contribution in [3.8, 4) is 5.75 Å². The van der Waals surface area contributed by atoms with E-state index in [1.807, 2.05) is 30.3 Å². The lowest BCUT2D eigenvalue weighted by atomic mass is 10.1. The number of amides is 2. The van der Waals surface area contributed by atoms with Crippen molar-refractivity contribution >= 4 is 19.4 Å². The first-order chi connectivity index (χ1) is 15.6. The fourth-order valence-electron chi connectivity index (χ4n) is 4.40. The van der Waals surface area contributed by atoms with E-state index in [1.165, 1.54) is 24.3 Å². The van der Waals surface area contributed by atoms with Crippen molar-refractivity contribution in [2.24, 2.45) is 0 Å². The molecule has 0 bridgehead atoms. The van der Waals surface area contributed by atoms with Crippen molar-refractivity contribution in [3.05, 3.63) is 66.0 Å². The molecule has 0 aliphatic carbocycles. The van der Waals surface area contributed by atoms with Crippen molar-refractivity contribution in [3.63, 3.8) is 0 Å². The van der Waals surface area contributed by atoms with Crippen LogP contribution in [0.4, 0.5) is 9.18 Å². The zero-order valence-electron chi connectivity index (χ0n) is 18.6. The lowest BCUT2D eigenvalue weighted by Gasteiger charge is -2.30. The van der Waals surface area contributed by atoms with E-state index in [0.717, 1.165) is 12.0 Å². The van der Waals surface area contributed by atoms with Gasteiger partial charge in [-0.3, -0.25) is 4.57 Å². The number of halogens is 1. The molecule has 3 rings (SSSR count). The summed E-state index contributed by atoms with van der Waals surface area (Å²) in [4.78, 5) is 35.7. The highest BCUT2D eigenvalue weighted by atomic mass is 31.2. The van der Waals surface area contributed by atoms with E-state index in [2.05, 4.69) is 0 Å². The van der Waals surface area contributed by atoms with Gasteiger partial charge in [-0.2, -0.15) is 9.28 Å². The minimum Gasteiger partial charge on any atom is -0.484 e. The molecular formula is C24H30FNO6P+. The summed E-state index contributed by atoms with van der Waals surface area (Å²) in [6, 6.07) is 14.5. The van der Waals surface area contributed by atoms with E-state index in [9.17, 15) is 28.5 Å². The predicted octanol–water partition coefficient (Wildman–Crippen LogP) is 4.68. The van der Waals surface area contributed by atoms with Gasteiger partial charge in [-0.05, 0) is 56.0 Å². The number of nitrogens with zero attached hydrogens (tertiary/aromatic N) is 1. The molecule has 2 aromatic carbocycles. The number of ether oxygens (including phenoxy) is 1. The summed E-state index contributed by atoms with van der Waals surface area (Å²) >= 11 is 0. The number of carbonyl (C=O) groups is 2. The van der Waals surface area contributed by atoms with Crippen LogP contribution in [0.5, 0.6) is 5.75 Å².